The Morgan fingerprint density at radius 2 is 2.08 bits per heavy atom. The highest BCUT2D eigenvalue weighted by atomic mass is 19.1. The molecule has 3 heterocycles. The van der Waals surface area contributed by atoms with Gasteiger partial charge in [-0.05, 0) is 43.4 Å². The average Bonchev–Trinajstić information content (AvgIpc) is 3.21. The van der Waals surface area contributed by atoms with E-state index in [2.05, 4.69) is 20.2 Å². The summed E-state index contributed by atoms with van der Waals surface area (Å²) in [5.41, 5.74) is 2.71. The number of nitrogens with zero attached hydrogens (tertiary/aromatic N) is 4. The van der Waals surface area contributed by atoms with Crippen molar-refractivity contribution in [2.75, 3.05) is 7.05 Å². The number of benzene rings is 1. The Balaban J connectivity index is 1.45. The number of H-pyrrole nitrogens is 1. The number of hydrogen-bond donors (Lipinski definition) is 1. The summed E-state index contributed by atoms with van der Waals surface area (Å²) in [6.07, 6.45) is 3.38. The quantitative estimate of drug-likeness (QED) is 0.604. The summed E-state index contributed by atoms with van der Waals surface area (Å²) in [5.74, 6) is 0.751. The normalized spacial score (nSPS) is 11.5. The van der Waals surface area contributed by atoms with Crippen LogP contribution < -0.4 is 0 Å². The van der Waals surface area contributed by atoms with Crippen LogP contribution in [0.3, 0.4) is 0 Å². The molecule has 0 aliphatic carbocycles. The Morgan fingerprint density at radius 3 is 2.92 bits per heavy atom. The third-order valence-corrected chi connectivity index (χ3v) is 3.86. The van der Waals surface area contributed by atoms with Crippen molar-refractivity contribution in [1.29, 1.82) is 0 Å². The molecule has 0 spiro atoms. The van der Waals surface area contributed by atoms with E-state index in [4.69, 9.17) is 4.42 Å². The highest BCUT2D eigenvalue weighted by molar-refractivity contribution is 5.80. The molecule has 0 radical (unpaired) electrons. The zero-order valence-corrected chi connectivity index (χ0v) is 13.6. The van der Waals surface area contributed by atoms with Crippen molar-refractivity contribution in [3.8, 4) is 11.5 Å². The first-order valence-electron chi connectivity index (χ1n) is 7.86. The van der Waals surface area contributed by atoms with Gasteiger partial charge in [0.15, 0.2) is 0 Å². The second-order valence-corrected chi connectivity index (χ2v) is 5.94. The van der Waals surface area contributed by atoms with Gasteiger partial charge in [0, 0.05) is 35.5 Å². The van der Waals surface area contributed by atoms with Crippen molar-refractivity contribution in [1.82, 2.24) is 25.1 Å². The van der Waals surface area contributed by atoms with E-state index in [-0.39, 0.29) is 5.82 Å². The van der Waals surface area contributed by atoms with E-state index in [1.165, 1.54) is 12.1 Å². The van der Waals surface area contributed by atoms with Crippen LogP contribution in [-0.2, 0) is 13.1 Å². The molecule has 4 aromatic rings. The van der Waals surface area contributed by atoms with E-state index in [0.29, 0.717) is 24.9 Å². The van der Waals surface area contributed by atoms with Crippen molar-refractivity contribution in [3.63, 3.8) is 0 Å². The zero-order valence-electron chi connectivity index (χ0n) is 13.6. The lowest BCUT2D eigenvalue weighted by molar-refractivity contribution is 0.280. The van der Waals surface area contributed by atoms with Crippen molar-refractivity contribution in [3.05, 3.63) is 66.2 Å². The van der Waals surface area contributed by atoms with Crippen LogP contribution in [0, 0.1) is 5.82 Å². The van der Waals surface area contributed by atoms with Gasteiger partial charge >= 0.3 is 0 Å². The Labute approximate surface area is 143 Å². The molecule has 0 unspecified atom stereocenters. The molecule has 25 heavy (non-hydrogen) atoms. The van der Waals surface area contributed by atoms with E-state index in [9.17, 15) is 4.39 Å². The van der Waals surface area contributed by atoms with E-state index in [1.807, 2.05) is 30.1 Å². The van der Waals surface area contributed by atoms with Crippen LogP contribution in [0.1, 0.15) is 11.6 Å². The van der Waals surface area contributed by atoms with Crippen LogP contribution in [0.15, 0.2) is 53.2 Å². The van der Waals surface area contributed by atoms with Gasteiger partial charge < -0.3 is 9.40 Å². The lowest BCUT2D eigenvalue weighted by atomic mass is 10.2. The first kappa shape index (κ1) is 15.5. The van der Waals surface area contributed by atoms with Crippen molar-refractivity contribution in [2.45, 2.75) is 13.1 Å². The van der Waals surface area contributed by atoms with Crippen LogP contribution in [0.25, 0.3) is 22.4 Å². The van der Waals surface area contributed by atoms with Gasteiger partial charge in [-0.1, -0.05) is 0 Å². The minimum absolute atomic E-state index is 0.236. The van der Waals surface area contributed by atoms with Gasteiger partial charge in [0.05, 0.1) is 12.1 Å². The molecule has 0 amide bonds. The minimum atomic E-state index is -0.236. The SMILES string of the molecule is CN(Cc1cc2cc(F)ccc2[nH]1)Cc1nnc(-c2cccnc2)o1. The number of aromatic nitrogens is 4. The molecule has 0 aliphatic rings. The number of halogens is 1. The number of fused-ring (bicyclic) bond motifs is 1. The third kappa shape index (κ3) is 3.41. The Bertz CT molecular complexity index is 995. The molecule has 3 aromatic heterocycles. The second kappa shape index (κ2) is 6.45. The Morgan fingerprint density at radius 1 is 1.16 bits per heavy atom. The predicted octanol–water partition coefficient (Wildman–Crippen LogP) is 3.38. The molecule has 0 fully saturated rings. The summed E-state index contributed by atoms with van der Waals surface area (Å²) in [7, 11) is 1.96. The first-order chi connectivity index (χ1) is 12.2. The summed E-state index contributed by atoms with van der Waals surface area (Å²) < 4.78 is 19.0. The molecule has 6 nitrogen and oxygen atoms in total. The van der Waals surface area contributed by atoms with Gasteiger partial charge in [0.25, 0.3) is 0 Å². The highest BCUT2D eigenvalue weighted by Gasteiger charge is 2.12. The number of pyridine rings is 1. The lowest BCUT2D eigenvalue weighted by Crippen LogP contribution is -2.17. The van der Waals surface area contributed by atoms with Gasteiger partial charge in [0.2, 0.25) is 11.8 Å². The van der Waals surface area contributed by atoms with Crippen LogP contribution in [-0.4, -0.2) is 32.1 Å². The van der Waals surface area contributed by atoms with E-state index < -0.39 is 0 Å². The maximum Gasteiger partial charge on any atom is 0.249 e. The first-order valence-corrected chi connectivity index (χ1v) is 7.86. The van der Waals surface area contributed by atoms with Crippen molar-refractivity contribution < 1.29 is 8.81 Å². The maximum atomic E-state index is 13.3. The predicted molar refractivity (Wildman–Crippen MR) is 91.0 cm³/mol. The fourth-order valence-electron chi connectivity index (χ4n) is 2.75. The largest absolute Gasteiger partial charge is 0.419 e. The number of hydrogen-bond acceptors (Lipinski definition) is 5. The molecule has 0 atom stereocenters. The molecule has 0 saturated carbocycles. The molecule has 0 bridgehead atoms. The molecule has 1 N–H and O–H groups in total. The molecular weight excluding hydrogens is 321 g/mol. The number of rotatable bonds is 5. The van der Waals surface area contributed by atoms with Crippen LogP contribution in [0.4, 0.5) is 4.39 Å². The third-order valence-electron chi connectivity index (χ3n) is 3.86. The highest BCUT2D eigenvalue weighted by Crippen LogP contribution is 2.19. The molecule has 1 aromatic carbocycles. The summed E-state index contributed by atoms with van der Waals surface area (Å²) in [5, 5.41) is 9.00. The summed E-state index contributed by atoms with van der Waals surface area (Å²) in [6, 6.07) is 10.4. The molecule has 4 rings (SSSR count). The lowest BCUT2D eigenvalue weighted by Gasteiger charge is -2.12. The van der Waals surface area contributed by atoms with E-state index in [0.717, 1.165) is 22.2 Å². The smallest absolute Gasteiger partial charge is 0.249 e. The van der Waals surface area contributed by atoms with Crippen molar-refractivity contribution >= 4 is 10.9 Å². The monoisotopic (exact) mass is 337 g/mol. The summed E-state index contributed by atoms with van der Waals surface area (Å²) in [4.78, 5) is 9.38. The van der Waals surface area contributed by atoms with Gasteiger partial charge in [0.1, 0.15) is 5.82 Å². The van der Waals surface area contributed by atoms with Gasteiger partial charge in [-0.15, -0.1) is 10.2 Å². The Kier molecular flexibility index (Phi) is 3.99. The minimum Gasteiger partial charge on any atom is -0.419 e. The fourth-order valence-corrected chi connectivity index (χ4v) is 2.75. The van der Waals surface area contributed by atoms with Crippen LogP contribution >= 0.6 is 0 Å². The van der Waals surface area contributed by atoms with E-state index >= 15 is 0 Å². The summed E-state index contributed by atoms with van der Waals surface area (Å²) >= 11 is 0. The number of nitrogens with one attached hydrogen (secondary N) is 1. The van der Waals surface area contributed by atoms with E-state index in [1.54, 1.807) is 18.5 Å². The topological polar surface area (TPSA) is 70.8 Å². The van der Waals surface area contributed by atoms with Gasteiger partial charge in [-0.25, -0.2) is 4.39 Å². The molecule has 0 aliphatic heterocycles. The average molecular weight is 337 g/mol. The zero-order chi connectivity index (χ0) is 17.2. The van der Waals surface area contributed by atoms with Crippen LogP contribution in [0.5, 0.6) is 0 Å². The molecular formula is C18H16FN5O. The molecule has 0 saturated heterocycles. The van der Waals surface area contributed by atoms with Gasteiger partial charge in [-0.2, -0.15) is 0 Å². The fraction of sp³-hybridized carbons (Fsp3) is 0.167. The molecule has 126 valence electrons. The standard InChI is InChI=1S/C18H16FN5O/c1-24(10-15-8-13-7-14(19)4-5-16(13)21-15)11-17-22-23-18(25-17)12-3-2-6-20-9-12/h2-9,21H,10-11H2,1H3. The maximum absolute atomic E-state index is 13.3. The summed E-state index contributed by atoms with van der Waals surface area (Å²) in [6.45, 7) is 1.16. The Hall–Kier alpha value is -3.06. The van der Waals surface area contributed by atoms with Gasteiger partial charge in [-0.3, -0.25) is 9.88 Å². The second-order valence-electron chi connectivity index (χ2n) is 5.94. The number of aromatic amines is 1. The van der Waals surface area contributed by atoms with Crippen molar-refractivity contribution in [2.24, 2.45) is 0 Å². The van der Waals surface area contributed by atoms with Crippen LogP contribution in [0.2, 0.25) is 0 Å². The molecule has 7 heteroatoms.